The molecular formula is C26H29NO11. The van der Waals surface area contributed by atoms with E-state index < -0.39 is 55.6 Å². The van der Waals surface area contributed by atoms with Gasteiger partial charge in [0.2, 0.25) is 0 Å². The van der Waals surface area contributed by atoms with Crippen LogP contribution < -0.4 is 14.8 Å². The number of carboxylic acid groups (broad SMARTS) is 2. The number of amides is 1. The van der Waals surface area contributed by atoms with E-state index in [0.717, 1.165) is 5.56 Å². The van der Waals surface area contributed by atoms with E-state index in [1.165, 1.54) is 0 Å². The van der Waals surface area contributed by atoms with Gasteiger partial charge in [-0.1, -0.05) is 24.3 Å². The van der Waals surface area contributed by atoms with Crippen LogP contribution in [-0.2, 0) is 46.3 Å². The van der Waals surface area contributed by atoms with Gasteiger partial charge in [-0.25, -0.2) is 14.4 Å². The maximum absolute atomic E-state index is 12.4. The second kappa shape index (κ2) is 15.5. The predicted octanol–water partition coefficient (Wildman–Crippen LogP) is 1.38. The van der Waals surface area contributed by atoms with Gasteiger partial charge in [-0.3, -0.25) is 9.59 Å². The van der Waals surface area contributed by atoms with E-state index in [9.17, 15) is 24.0 Å². The maximum Gasteiger partial charge on any atom is 0.341 e. The van der Waals surface area contributed by atoms with Crippen LogP contribution in [0.25, 0.3) is 0 Å². The number of rotatable bonds is 16. The van der Waals surface area contributed by atoms with Crippen molar-refractivity contribution in [2.45, 2.75) is 32.2 Å². The SMILES string of the molecule is CCOC(=O)[C@@H](Cc1ccc(OCC(=O)O)cc1)NC(=O)COC(=O)CCc1ccc(OCC(=O)O)cc1. The number of aryl methyl sites for hydroxylation is 1. The smallest absolute Gasteiger partial charge is 0.341 e. The Morgan fingerprint density at radius 3 is 1.79 bits per heavy atom. The summed E-state index contributed by atoms with van der Waals surface area (Å²) in [5.41, 5.74) is 1.44. The minimum Gasteiger partial charge on any atom is -0.482 e. The van der Waals surface area contributed by atoms with Gasteiger partial charge in [0.25, 0.3) is 5.91 Å². The van der Waals surface area contributed by atoms with Gasteiger partial charge in [-0.05, 0) is 48.7 Å². The summed E-state index contributed by atoms with van der Waals surface area (Å²) in [6.07, 6.45) is 0.418. The quantitative estimate of drug-likeness (QED) is 0.267. The van der Waals surface area contributed by atoms with Crippen molar-refractivity contribution >= 4 is 29.8 Å². The third-order valence-corrected chi connectivity index (χ3v) is 4.90. The lowest BCUT2D eigenvalue weighted by atomic mass is 10.1. The number of benzene rings is 2. The molecule has 0 fully saturated rings. The van der Waals surface area contributed by atoms with Gasteiger partial charge in [0.15, 0.2) is 19.8 Å². The first kappa shape index (κ1) is 29.6. The van der Waals surface area contributed by atoms with Crippen LogP contribution in [0.5, 0.6) is 11.5 Å². The van der Waals surface area contributed by atoms with Gasteiger partial charge in [-0.15, -0.1) is 0 Å². The first-order chi connectivity index (χ1) is 18.2. The molecule has 204 valence electrons. The van der Waals surface area contributed by atoms with Crippen LogP contribution in [0.4, 0.5) is 0 Å². The van der Waals surface area contributed by atoms with E-state index in [2.05, 4.69) is 5.32 Å². The highest BCUT2D eigenvalue weighted by Gasteiger charge is 2.23. The van der Waals surface area contributed by atoms with Crippen molar-refractivity contribution in [2.75, 3.05) is 26.4 Å². The molecule has 0 aliphatic carbocycles. The molecule has 0 unspecified atom stereocenters. The van der Waals surface area contributed by atoms with E-state index >= 15 is 0 Å². The van der Waals surface area contributed by atoms with E-state index in [-0.39, 0.29) is 19.4 Å². The van der Waals surface area contributed by atoms with Crippen molar-refractivity contribution in [1.82, 2.24) is 5.32 Å². The molecule has 2 aromatic carbocycles. The van der Waals surface area contributed by atoms with Crippen LogP contribution in [0, 0.1) is 0 Å². The number of hydrogen-bond acceptors (Lipinski definition) is 9. The Bertz CT molecular complexity index is 1100. The minimum atomic E-state index is -1.11. The highest BCUT2D eigenvalue weighted by atomic mass is 16.5. The number of aliphatic carboxylic acids is 2. The first-order valence-corrected chi connectivity index (χ1v) is 11.6. The summed E-state index contributed by atoms with van der Waals surface area (Å²) in [4.78, 5) is 57.9. The fraction of sp³-hybridized carbons (Fsp3) is 0.346. The summed E-state index contributed by atoms with van der Waals surface area (Å²) in [5.74, 6) is -3.44. The minimum absolute atomic E-state index is 0.000211. The summed E-state index contributed by atoms with van der Waals surface area (Å²) < 4.78 is 20.1. The average Bonchev–Trinajstić information content (AvgIpc) is 2.89. The van der Waals surface area contributed by atoms with Crippen LogP contribution in [-0.4, -0.2) is 72.5 Å². The van der Waals surface area contributed by atoms with E-state index in [4.69, 9.17) is 29.2 Å². The van der Waals surface area contributed by atoms with Gasteiger partial charge < -0.3 is 34.5 Å². The topological polar surface area (TPSA) is 175 Å². The molecule has 1 amide bonds. The normalized spacial score (nSPS) is 11.1. The number of esters is 2. The van der Waals surface area contributed by atoms with E-state index in [1.54, 1.807) is 55.5 Å². The molecule has 38 heavy (non-hydrogen) atoms. The second-order valence-corrected chi connectivity index (χ2v) is 7.89. The Hall–Kier alpha value is -4.61. The molecule has 1 atom stereocenters. The zero-order valence-corrected chi connectivity index (χ0v) is 20.7. The van der Waals surface area contributed by atoms with Crippen molar-refractivity contribution in [1.29, 1.82) is 0 Å². The molecule has 0 aliphatic heterocycles. The molecule has 0 saturated carbocycles. The maximum atomic E-state index is 12.4. The molecule has 2 rings (SSSR count). The number of hydrogen-bond donors (Lipinski definition) is 3. The van der Waals surface area contributed by atoms with Crippen LogP contribution in [0.2, 0.25) is 0 Å². The summed E-state index contributed by atoms with van der Waals surface area (Å²) >= 11 is 0. The highest BCUT2D eigenvalue weighted by molar-refractivity contribution is 5.86. The lowest BCUT2D eigenvalue weighted by Gasteiger charge is -2.17. The summed E-state index contributed by atoms with van der Waals surface area (Å²) in [5, 5.41) is 19.8. The number of carboxylic acids is 2. The van der Waals surface area contributed by atoms with Gasteiger partial charge >= 0.3 is 23.9 Å². The van der Waals surface area contributed by atoms with Crippen molar-refractivity contribution in [3.63, 3.8) is 0 Å². The Balaban J connectivity index is 1.82. The monoisotopic (exact) mass is 531 g/mol. The van der Waals surface area contributed by atoms with E-state index in [0.29, 0.717) is 23.5 Å². The molecule has 0 saturated heterocycles. The van der Waals surface area contributed by atoms with Gasteiger partial charge in [0.1, 0.15) is 17.5 Å². The molecule has 0 bridgehead atoms. The van der Waals surface area contributed by atoms with Crippen molar-refractivity contribution in [2.24, 2.45) is 0 Å². The standard InChI is InChI=1S/C26H29NO11/c1-2-35-26(34)21(13-18-5-10-20(11-6-18)37-16-24(31)32)27-22(28)14-38-25(33)12-7-17-3-8-19(9-4-17)36-15-23(29)30/h3-6,8-11,21H,2,7,12-16H2,1H3,(H,27,28)(H,29,30)(H,31,32)/t21-/m1/s1. The molecule has 0 spiro atoms. The number of nitrogens with one attached hydrogen (secondary N) is 1. The molecule has 0 aromatic heterocycles. The average molecular weight is 532 g/mol. The zero-order chi connectivity index (χ0) is 27.9. The van der Waals surface area contributed by atoms with Gasteiger partial charge in [-0.2, -0.15) is 0 Å². The Kier molecular flexibility index (Phi) is 12.1. The summed E-state index contributed by atoms with van der Waals surface area (Å²) in [6.45, 7) is 0.202. The molecule has 0 radical (unpaired) electrons. The number of ether oxygens (including phenoxy) is 4. The first-order valence-electron chi connectivity index (χ1n) is 11.6. The number of carbonyl (C=O) groups excluding carboxylic acids is 3. The Morgan fingerprint density at radius 1 is 0.763 bits per heavy atom. The lowest BCUT2D eigenvalue weighted by Crippen LogP contribution is -2.45. The predicted molar refractivity (Wildman–Crippen MR) is 131 cm³/mol. The second-order valence-electron chi connectivity index (χ2n) is 7.89. The van der Waals surface area contributed by atoms with Crippen LogP contribution >= 0.6 is 0 Å². The van der Waals surface area contributed by atoms with Gasteiger partial charge in [0.05, 0.1) is 6.61 Å². The Labute approximate surface area is 218 Å². The van der Waals surface area contributed by atoms with Gasteiger partial charge in [0, 0.05) is 12.8 Å². The van der Waals surface area contributed by atoms with Crippen LogP contribution in [0.3, 0.4) is 0 Å². The van der Waals surface area contributed by atoms with Crippen molar-refractivity contribution < 1.29 is 53.1 Å². The fourth-order valence-electron chi connectivity index (χ4n) is 3.14. The zero-order valence-electron chi connectivity index (χ0n) is 20.7. The largest absolute Gasteiger partial charge is 0.482 e. The highest BCUT2D eigenvalue weighted by Crippen LogP contribution is 2.15. The summed E-state index contributed by atoms with van der Waals surface area (Å²) in [7, 11) is 0. The Morgan fingerprint density at radius 2 is 1.29 bits per heavy atom. The summed E-state index contributed by atoms with van der Waals surface area (Å²) in [6, 6.07) is 11.8. The molecule has 0 aliphatic rings. The van der Waals surface area contributed by atoms with Crippen molar-refractivity contribution in [3.05, 3.63) is 59.7 Å². The molecule has 3 N–H and O–H groups in total. The van der Waals surface area contributed by atoms with Crippen molar-refractivity contribution in [3.8, 4) is 11.5 Å². The molecule has 12 heteroatoms. The third-order valence-electron chi connectivity index (χ3n) is 4.90. The molecule has 0 heterocycles. The third kappa shape index (κ3) is 11.4. The molecular weight excluding hydrogens is 502 g/mol. The van der Waals surface area contributed by atoms with Crippen LogP contribution in [0.1, 0.15) is 24.5 Å². The van der Waals surface area contributed by atoms with E-state index in [1.807, 2.05) is 0 Å². The molecule has 12 nitrogen and oxygen atoms in total. The fourth-order valence-corrected chi connectivity index (χ4v) is 3.14. The lowest BCUT2D eigenvalue weighted by molar-refractivity contribution is -0.151. The molecule has 2 aromatic rings. The number of carbonyl (C=O) groups is 5. The van der Waals surface area contributed by atoms with Crippen LogP contribution in [0.15, 0.2) is 48.5 Å².